The number of carbonyl (C=O) groups is 2. The minimum absolute atomic E-state index is 0.350. The zero-order valence-electron chi connectivity index (χ0n) is 8.88. The second kappa shape index (κ2) is 9.47. The van der Waals surface area contributed by atoms with Crippen LogP contribution in [0.3, 0.4) is 0 Å². The van der Waals surface area contributed by atoms with E-state index in [0.717, 1.165) is 12.8 Å². The maximum atomic E-state index is 10.6. The fraction of sp³-hybridized carbons (Fsp3) is 0.556. The van der Waals surface area contributed by atoms with Gasteiger partial charge in [-0.15, -0.1) is 6.42 Å². The van der Waals surface area contributed by atoms with Crippen molar-refractivity contribution >= 4 is 11.9 Å². The third kappa shape index (κ3) is 14.2. The summed E-state index contributed by atoms with van der Waals surface area (Å²) in [6.45, 7) is 1.28. The number of halogens is 3. The summed E-state index contributed by atoms with van der Waals surface area (Å²) < 4.78 is 31.7. The number of amides is 1. The molecule has 0 heterocycles. The molecule has 0 rings (SSSR count). The number of aliphatic carboxylic acids is 1. The fourth-order valence-corrected chi connectivity index (χ4v) is 0.522. The molecule has 4 N–H and O–H groups in total. The number of terminal acetylenes is 1. The largest absolute Gasteiger partial charge is 0.490 e. The smallest absolute Gasteiger partial charge is 0.475 e. The van der Waals surface area contributed by atoms with Crippen LogP contribution in [0.5, 0.6) is 0 Å². The van der Waals surface area contributed by atoms with Crippen molar-refractivity contribution in [3.05, 3.63) is 0 Å². The number of hydrogen-bond donors (Lipinski definition) is 3. The van der Waals surface area contributed by atoms with Crippen LogP contribution in [-0.4, -0.2) is 36.2 Å². The van der Waals surface area contributed by atoms with E-state index in [9.17, 15) is 18.0 Å². The topological polar surface area (TPSA) is 92.4 Å². The SMILES string of the molecule is C#CC(=O)NCCCCN.O=C(O)C(F)(F)F. The average Bonchev–Trinajstić information content (AvgIpc) is 2.23. The number of rotatable bonds is 4. The van der Waals surface area contributed by atoms with Gasteiger partial charge in [-0.25, -0.2) is 4.79 Å². The molecule has 1 amide bonds. The number of carboxylic acid groups (broad SMARTS) is 1. The number of hydrogen-bond acceptors (Lipinski definition) is 3. The number of nitrogens with two attached hydrogens (primary N) is 1. The lowest BCUT2D eigenvalue weighted by Gasteiger charge is -1.97. The van der Waals surface area contributed by atoms with E-state index in [1.54, 1.807) is 0 Å². The fourth-order valence-electron chi connectivity index (χ4n) is 0.522. The molecule has 17 heavy (non-hydrogen) atoms. The molecule has 0 saturated heterocycles. The van der Waals surface area contributed by atoms with Crippen molar-refractivity contribution in [1.29, 1.82) is 0 Å². The molecule has 0 aromatic carbocycles. The van der Waals surface area contributed by atoms with E-state index in [1.165, 1.54) is 0 Å². The van der Waals surface area contributed by atoms with Gasteiger partial charge in [0.15, 0.2) is 0 Å². The highest BCUT2D eigenvalue weighted by atomic mass is 19.4. The molecule has 0 aliphatic heterocycles. The summed E-state index contributed by atoms with van der Waals surface area (Å²) in [5.41, 5.74) is 5.22. The average molecular weight is 254 g/mol. The summed E-state index contributed by atoms with van der Waals surface area (Å²) in [4.78, 5) is 19.3. The molecule has 0 radical (unpaired) electrons. The Balaban J connectivity index is 0. The predicted molar refractivity (Wildman–Crippen MR) is 53.8 cm³/mol. The summed E-state index contributed by atoms with van der Waals surface area (Å²) in [6, 6.07) is 0. The molecular formula is C9H13F3N2O3. The maximum Gasteiger partial charge on any atom is 0.490 e. The van der Waals surface area contributed by atoms with Crippen LogP contribution in [0.4, 0.5) is 13.2 Å². The van der Waals surface area contributed by atoms with Crippen LogP contribution >= 0.6 is 0 Å². The monoisotopic (exact) mass is 254 g/mol. The van der Waals surface area contributed by atoms with Crippen molar-refractivity contribution in [1.82, 2.24) is 5.32 Å². The second-order valence-corrected chi connectivity index (χ2v) is 2.70. The number of carboxylic acids is 1. The van der Waals surface area contributed by atoms with Gasteiger partial charge in [0.05, 0.1) is 0 Å². The first-order valence-electron chi connectivity index (χ1n) is 4.50. The molecule has 0 unspecified atom stereocenters. The molecule has 8 heteroatoms. The first kappa shape index (κ1) is 17.6. The van der Waals surface area contributed by atoms with Crippen molar-refractivity contribution in [3.8, 4) is 12.3 Å². The molecule has 0 bridgehead atoms. The quantitative estimate of drug-likeness (QED) is 0.490. The van der Waals surface area contributed by atoms with E-state index >= 15 is 0 Å². The van der Waals surface area contributed by atoms with Gasteiger partial charge in [-0.05, 0) is 25.3 Å². The molecule has 0 aromatic heterocycles. The molecule has 0 aliphatic carbocycles. The Labute approximate surface area is 96.2 Å². The van der Waals surface area contributed by atoms with E-state index in [4.69, 9.17) is 22.1 Å². The summed E-state index contributed by atoms with van der Waals surface area (Å²) in [7, 11) is 0. The second-order valence-electron chi connectivity index (χ2n) is 2.70. The van der Waals surface area contributed by atoms with Crippen LogP contribution in [0.2, 0.25) is 0 Å². The highest BCUT2D eigenvalue weighted by molar-refractivity contribution is 5.92. The Morgan fingerprint density at radius 2 is 1.82 bits per heavy atom. The summed E-state index contributed by atoms with van der Waals surface area (Å²) >= 11 is 0. The Bertz CT molecular complexity index is 284. The van der Waals surface area contributed by atoms with Crippen molar-refractivity contribution in [2.75, 3.05) is 13.1 Å². The third-order valence-electron chi connectivity index (χ3n) is 1.29. The molecule has 0 fully saturated rings. The summed E-state index contributed by atoms with van der Waals surface area (Å²) in [5.74, 6) is -1.15. The molecular weight excluding hydrogens is 241 g/mol. The van der Waals surface area contributed by atoms with Crippen molar-refractivity contribution in [2.24, 2.45) is 5.73 Å². The van der Waals surface area contributed by atoms with Crippen molar-refractivity contribution < 1.29 is 27.9 Å². The summed E-state index contributed by atoms with van der Waals surface area (Å²) in [6.07, 6.45) is 1.53. The predicted octanol–water partition coefficient (Wildman–Crippen LogP) is 0.108. The standard InChI is InChI=1S/C7H12N2O.C2HF3O2/c1-2-7(10)9-6-4-3-5-8;3-2(4,5)1(6)7/h1H,3-6,8H2,(H,9,10);(H,6,7). The minimum atomic E-state index is -5.08. The van der Waals surface area contributed by atoms with Crippen molar-refractivity contribution in [2.45, 2.75) is 19.0 Å². The van der Waals surface area contributed by atoms with E-state index in [1.807, 2.05) is 5.92 Å². The maximum absolute atomic E-state index is 10.6. The van der Waals surface area contributed by atoms with E-state index < -0.39 is 12.1 Å². The van der Waals surface area contributed by atoms with Gasteiger partial charge in [0.25, 0.3) is 5.91 Å². The minimum Gasteiger partial charge on any atom is -0.475 e. The van der Waals surface area contributed by atoms with Gasteiger partial charge < -0.3 is 16.2 Å². The van der Waals surface area contributed by atoms with Crippen LogP contribution in [0.1, 0.15) is 12.8 Å². The first-order valence-corrected chi connectivity index (χ1v) is 4.50. The Kier molecular flexibility index (Phi) is 9.83. The molecule has 0 aliphatic rings. The lowest BCUT2D eigenvalue weighted by Crippen LogP contribution is -2.22. The van der Waals surface area contributed by atoms with Crippen LogP contribution in [0, 0.1) is 12.3 Å². The number of alkyl halides is 3. The first-order chi connectivity index (χ1) is 7.75. The number of carbonyl (C=O) groups excluding carboxylic acids is 1. The van der Waals surface area contributed by atoms with Crippen LogP contribution in [-0.2, 0) is 9.59 Å². The zero-order chi connectivity index (χ0) is 13.9. The molecule has 0 aromatic rings. The highest BCUT2D eigenvalue weighted by Gasteiger charge is 2.38. The van der Waals surface area contributed by atoms with Gasteiger partial charge in [-0.3, -0.25) is 4.79 Å². The molecule has 0 spiro atoms. The number of unbranched alkanes of at least 4 members (excludes halogenated alkanes) is 1. The Morgan fingerprint density at radius 3 is 2.12 bits per heavy atom. The summed E-state index contributed by atoms with van der Waals surface area (Å²) in [5, 5.41) is 9.66. The van der Waals surface area contributed by atoms with E-state index in [0.29, 0.717) is 13.1 Å². The van der Waals surface area contributed by atoms with Crippen LogP contribution < -0.4 is 11.1 Å². The number of nitrogens with one attached hydrogen (secondary N) is 1. The molecule has 0 saturated carbocycles. The lowest BCUT2D eigenvalue weighted by atomic mass is 10.3. The Hall–Kier alpha value is -1.75. The highest BCUT2D eigenvalue weighted by Crippen LogP contribution is 2.13. The molecule has 0 atom stereocenters. The van der Waals surface area contributed by atoms with Crippen molar-refractivity contribution in [3.63, 3.8) is 0 Å². The van der Waals surface area contributed by atoms with Crippen LogP contribution in [0.25, 0.3) is 0 Å². The third-order valence-corrected chi connectivity index (χ3v) is 1.29. The lowest BCUT2D eigenvalue weighted by molar-refractivity contribution is -0.192. The van der Waals surface area contributed by atoms with E-state index in [2.05, 4.69) is 5.32 Å². The Morgan fingerprint density at radius 1 is 1.35 bits per heavy atom. The molecule has 5 nitrogen and oxygen atoms in total. The van der Waals surface area contributed by atoms with Gasteiger partial charge in [0.2, 0.25) is 0 Å². The zero-order valence-corrected chi connectivity index (χ0v) is 8.88. The normalized spacial score (nSPS) is 9.59. The van der Waals surface area contributed by atoms with Gasteiger partial charge in [-0.2, -0.15) is 13.2 Å². The molecule has 98 valence electrons. The van der Waals surface area contributed by atoms with Gasteiger partial charge in [0.1, 0.15) is 0 Å². The van der Waals surface area contributed by atoms with E-state index in [-0.39, 0.29) is 5.91 Å². The van der Waals surface area contributed by atoms with Gasteiger partial charge in [0, 0.05) is 6.54 Å². The van der Waals surface area contributed by atoms with Gasteiger partial charge >= 0.3 is 12.1 Å². The van der Waals surface area contributed by atoms with Crippen LogP contribution in [0.15, 0.2) is 0 Å². The van der Waals surface area contributed by atoms with Gasteiger partial charge in [-0.1, -0.05) is 0 Å².